The maximum Gasteiger partial charge on any atom is 0.306 e. The number of carboxylic acid groups (broad SMARTS) is 1. The van der Waals surface area contributed by atoms with Gasteiger partial charge in [0, 0.05) is 5.92 Å². The van der Waals surface area contributed by atoms with E-state index in [1.165, 1.54) is 0 Å². The van der Waals surface area contributed by atoms with Crippen LogP contribution in [0, 0.1) is 17.3 Å². The Labute approximate surface area is 76.1 Å². The molecule has 1 spiro atoms. The lowest BCUT2D eigenvalue weighted by molar-refractivity contribution is -0.160. The van der Waals surface area contributed by atoms with Gasteiger partial charge in [-0.1, -0.05) is 0 Å². The van der Waals surface area contributed by atoms with E-state index in [-0.39, 0.29) is 23.2 Å². The van der Waals surface area contributed by atoms with Crippen molar-refractivity contribution in [2.24, 2.45) is 23.0 Å². The van der Waals surface area contributed by atoms with Crippen LogP contribution in [0.4, 0.5) is 0 Å². The van der Waals surface area contributed by atoms with Crippen LogP contribution in [-0.2, 0) is 9.59 Å². The fourth-order valence-electron chi connectivity index (χ4n) is 2.68. The first-order valence-corrected chi connectivity index (χ1v) is 4.55. The third kappa shape index (κ3) is 1.20. The van der Waals surface area contributed by atoms with Gasteiger partial charge in [-0.05, 0) is 31.1 Å². The molecule has 4 nitrogen and oxygen atoms in total. The van der Waals surface area contributed by atoms with Crippen molar-refractivity contribution in [1.82, 2.24) is 0 Å². The Morgan fingerprint density at radius 1 is 1.15 bits per heavy atom. The average Bonchev–Trinajstić information content (AvgIpc) is 1.78. The topological polar surface area (TPSA) is 80.4 Å². The van der Waals surface area contributed by atoms with Crippen molar-refractivity contribution >= 4 is 11.9 Å². The predicted molar refractivity (Wildman–Crippen MR) is 44.7 cm³/mol. The normalized spacial score (nSPS) is 42.2. The minimum absolute atomic E-state index is 0.00902. The van der Waals surface area contributed by atoms with Gasteiger partial charge in [-0.15, -0.1) is 0 Å². The fraction of sp³-hybridized carbons (Fsp3) is 0.778. The molecule has 0 aliphatic heterocycles. The predicted octanol–water partition coefficient (Wildman–Crippen LogP) is 0.363. The molecule has 2 fully saturated rings. The molecule has 1 amide bonds. The molecule has 0 unspecified atom stereocenters. The molecule has 0 aromatic carbocycles. The molecule has 2 aliphatic rings. The van der Waals surface area contributed by atoms with Crippen molar-refractivity contribution in [3.63, 3.8) is 0 Å². The molecule has 3 N–H and O–H groups in total. The number of aliphatic carboxylic acids is 1. The summed E-state index contributed by atoms with van der Waals surface area (Å²) in [7, 11) is 0. The van der Waals surface area contributed by atoms with Crippen LogP contribution >= 0.6 is 0 Å². The molecule has 72 valence electrons. The number of carbonyl (C=O) groups is 2. The Kier molecular flexibility index (Phi) is 1.62. The Balaban J connectivity index is 1.82. The lowest BCUT2D eigenvalue weighted by Gasteiger charge is -2.55. The van der Waals surface area contributed by atoms with Gasteiger partial charge >= 0.3 is 5.97 Å². The van der Waals surface area contributed by atoms with Crippen molar-refractivity contribution in [2.75, 3.05) is 0 Å². The van der Waals surface area contributed by atoms with Crippen LogP contribution < -0.4 is 5.73 Å². The number of carboxylic acids is 1. The van der Waals surface area contributed by atoms with Crippen molar-refractivity contribution in [3.8, 4) is 0 Å². The third-order valence-electron chi connectivity index (χ3n) is 3.47. The van der Waals surface area contributed by atoms with Gasteiger partial charge in [0.15, 0.2) is 0 Å². The Bertz CT molecular complexity index is 231. The van der Waals surface area contributed by atoms with E-state index in [4.69, 9.17) is 10.8 Å². The Hall–Kier alpha value is -1.06. The van der Waals surface area contributed by atoms with E-state index in [1.54, 1.807) is 0 Å². The minimum Gasteiger partial charge on any atom is -0.481 e. The smallest absolute Gasteiger partial charge is 0.306 e. The standard InChI is InChI=1S/C9H13NO3/c10-7(11)5-1-9(2-5)3-6(4-9)8(12)13/h5-6H,1-4H2,(H2,10,11)(H,12,13). The minimum atomic E-state index is -0.701. The highest BCUT2D eigenvalue weighted by Gasteiger charge is 2.56. The molecule has 0 aromatic heterocycles. The molecule has 0 bridgehead atoms. The summed E-state index contributed by atoms with van der Waals surface area (Å²) in [6.07, 6.45) is 3.11. The Morgan fingerprint density at radius 3 is 2.00 bits per heavy atom. The molecule has 4 heteroatoms. The summed E-state index contributed by atoms with van der Waals surface area (Å²) in [5.74, 6) is -1.10. The number of primary amides is 1. The maximum atomic E-state index is 10.7. The molecule has 0 aromatic rings. The average molecular weight is 183 g/mol. The summed E-state index contributed by atoms with van der Waals surface area (Å²) in [6.45, 7) is 0. The van der Waals surface area contributed by atoms with Gasteiger partial charge in [0.05, 0.1) is 5.92 Å². The van der Waals surface area contributed by atoms with Gasteiger partial charge < -0.3 is 10.8 Å². The molecular formula is C9H13NO3. The zero-order valence-corrected chi connectivity index (χ0v) is 7.32. The second kappa shape index (κ2) is 2.47. The Morgan fingerprint density at radius 2 is 1.62 bits per heavy atom. The molecule has 0 heterocycles. The van der Waals surface area contributed by atoms with E-state index in [2.05, 4.69) is 0 Å². The van der Waals surface area contributed by atoms with E-state index in [0.717, 1.165) is 25.7 Å². The summed E-state index contributed by atoms with van der Waals surface area (Å²) >= 11 is 0. The molecule has 2 rings (SSSR count). The zero-order chi connectivity index (χ0) is 9.64. The van der Waals surface area contributed by atoms with Crippen LogP contribution in [0.2, 0.25) is 0 Å². The number of nitrogens with two attached hydrogens (primary N) is 1. The monoisotopic (exact) mass is 183 g/mol. The number of hydrogen-bond donors (Lipinski definition) is 2. The maximum absolute atomic E-state index is 10.7. The fourth-order valence-corrected chi connectivity index (χ4v) is 2.68. The van der Waals surface area contributed by atoms with Crippen LogP contribution in [0.15, 0.2) is 0 Å². The van der Waals surface area contributed by atoms with Gasteiger partial charge in [0.25, 0.3) is 0 Å². The van der Waals surface area contributed by atoms with Crippen LogP contribution in [0.3, 0.4) is 0 Å². The van der Waals surface area contributed by atoms with E-state index in [0.29, 0.717) is 0 Å². The van der Waals surface area contributed by atoms with Crippen LogP contribution in [0.1, 0.15) is 25.7 Å². The highest BCUT2D eigenvalue weighted by Crippen LogP contribution is 2.61. The van der Waals surface area contributed by atoms with Crippen LogP contribution in [0.25, 0.3) is 0 Å². The second-order valence-electron chi connectivity index (χ2n) is 4.45. The van der Waals surface area contributed by atoms with E-state index < -0.39 is 5.97 Å². The summed E-state index contributed by atoms with van der Waals surface area (Å²) in [5.41, 5.74) is 5.31. The van der Waals surface area contributed by atoms with Gasteiger partial charge in [-0.3, -0.25) is 9.59 Å². The summed E-state index contributed by atoms with van der Waals surface area (Å²) in [4.78, 5) is 21.3. The van der Waals surface area contributed by atoms with Crippen molar-refractivity contribution < 1.29 is 14.7 Å². The van der Waals surface area contributed by atoms with Gasteiger partial charge in [0.1, 0.15) is 0 Å². The highest BCUT2D eigenvalue weighted by molar-refractivity contribution is 5.78. The van der Waals surface area contributed by atoms with Crippen LogP contribution in [0.5, 0.6) is 0 Å². The molecule has 13 heavy (non-hydrogen) atoms. The lowest BCUT2D eigenvalue weighted by atomic mass is 9.48. The first kappa shape index (κ1) is 8.53. The van der Waals surface area contributed by atoms with Crippen molar-refractivity contribution in [1.29, 1.82) is 0 Å². The summed E-state index contributed by atoms with van der Waals surface area (Å²) < 4.78 is 0. The first-order chi connectivity index (χ1) is 6.02. The molecule has 2 saturated carbocycles. The number of carbonyl (C=O) groups excluding carboxylic acids is 1. The number of amides is 1. The SMILES string of the molecule is NC(=O)C1CC2(C1)CC(C(=O)O)C2. The second-order valence-corrected chi connectivity index (χ2v) is 4.45. The van der Waals surface area contributed by atoms with E-state index >= 15 is 0 Å². The van der Waals surface area contributed by atoms with E-state index in [9.17, 15) is 9.59 Å². The molecule has 0 saturated heterocycles. The lowest BCUT2D eigenvalue weighted by Crippen LogP contribution is -2.52. The number of hydrogen-bond acceptors (Lipinski definition) is 2. The molecule has 0 atom stereocenters. The van der Waals surface area contributed by atoms with Gasteiger partial charge in [0.2, 0.25) is 5.91 Å². The molecule has 2 aliphatic carbocycles. The molecular weight excluding hydrogens is 170 g/mol. The van der Waals surface area contributed by atoms with E-state index in [1.807, 2.05) is 0 Å². The largest absolute Gasteiger partial charge is 0.481 e. The quantitative estimate of drug-likeness (QED) is 0.648. The number of rotatable bonds is 2. The highest BCUT2D eigenvalue weighted by atomic mass is 16.4. The van der Waals surface area contributed by atoms with Crippen LogP contribution in [-0.4, -0.2) is 17.0 Å². The van der Waals surface area contributed by atoms with Crippen molar-refractivity contribution in [2.45, 2.75) is 25.7 Å². The first-order valence-electron chi connectivity index (χ1n) is 4.55. The van der Waals surface area contributed by atoms with Crippen molar-refractivity contribution in [3.05, 3.63) is 0 Å². The third-order valence-corrected chi connectivity index (χ3v) is 3.47. The molecule has 0 radical (unpaired) electrons. The van der Waals surface area contributed by atoms with Gasteiger partial charge in [-0.25, -0.2) is 0 Å². The zero-order valence-electron chi connectivity index (χ0n) is 7.32. The summed E-state index contributed by atoms with van der Waals surface area (Å²) in [5, 5.41) is 8.67. The van der Waals surface area contributed by atoms with Gasteiger partial charge in [-0.2, -0.15) is 0 Å². The summed E-state index contributed by atoms with van der Waals surface area (Å²) in [6, 6.07) is 0.